The Balaban J connectivity index is 1.25. The molecule has 1 saturated heterocycles. The normalized spacial score (nSPS) is 16.0. The number of nitrogens with zero attached hydrogens (tertiary/aromatic N) is 3. The van der Waals surface area contributed by atoms with Crippen LogP contribution >= 0.6 is 23.1 Å². The molecule has 0 radical (unpaired) electrons. The van der Waals surface area contributed by atoms with Crippen molar-refractivity contribution in [1.29, 1.82) is 0 Å². The number of halogens is 1. The molecule has 2 heterocycles. The number of hydrogen-bond acceptors (Lipinski definition) is 6. The van der Waals surface area contributed by atoms with E-state index in [-0.39, 0.29) is 30.6 Å². The van der Waals surface area contributed by atoms with Gasteiger partial charge in [-0.3, -0.25) is 9.59 Å². The summed E-state index contributed by atoms with van der Waals surface area (Å²) in [5.74, 6) is -0.340. The highest BCUT2D eigenvalue weighted by Crippen LogP contribution is 2.29. The molecular weight excluding hydrogens is 435 g/mol. The number of carbonyl (C=O) groups is 2. The molecular formula is C22H21FN4O2S2. The van der Waals surface area contributed by atoms with Crippen molar-refractivity contribution >= 4 is 45.7 Å². The van der Waals surface area contributed by atoms with Crippen LogP contribution in [0.5, 0.6) is 0 Å². The maximum Gasteiger partial charge on any atom is 0.231 e. The summed E-state index contributed by atoms with van der Waals surface area (Å²) < 4.78 is 13.9. The third kappa shape index (κ3) is 5.68. The lowest BCUT2D eigenvalue weighted by molar-refractivity contribution is -0.122. The number of anilines is 2. The van der Waals surface area contributed by atoms with E-state index in [9.17, 15) is 14.0 Å². The van der Waals surface area contributed by atoms with Gasteiger partial charge in [-0.1, -0.05) is 53.4 Å². The fraction of sp³-hybridized carbons (Fsp3) is 0.273. The first-order valence-corrected chi connectivity index (χ1v) is 11.8. The van der Waals surface area contributed by atoms with Crippen LogP contribution in [0.2, 0.25) is 0 Å². The van der Waals surface area contributed by atoms with Crippen LogP contribution in [0.15, 0.2) is 58.9 Å². The van der Waals surface area contributed by atoms with E-state index < -0.39 is 5.92 Å². The Bertz CT molecular complexity index is 1040. The van der Waals surface area contributed by atoms with Crippen molar-refractivity contribution in [2.75, 3.05) is 22.5 Å². The Kier molecular flexibility index (Phi) is 6.93. The Morgan fingerprint density at radius 1 is 1.16 bits per heavy atom. The molecule has 1 atom stereocenters. The quantitative estimate of drug-likeness (QED) is 0.309. The largest absolute Gasteiger partial charge is 0.312 e. The molecule has 1 aliphatic heterocycles. The fourth-order valence-corrected chi connectivity index (χ4v) is 5.12. The standard InChI is InChI=1S/C22H21FN4O2S2/c23-17-8-10-18(11-9-17)27-14-16(13-19(27)28)20(29)24-21-25-26-22(31-21)30-12-4-7-15-5-2-1-3-6-15/h1-3,5-6,8-11,16H,4,7,12-14H2,(H,24,25,29). The molecule has 3 aromatic rings. The number of benzene rings is 2. The number of rotatable bonds is 8. The zero-order chi connectivity index (χ0) is 21.6. The molecule has 4 rings (SSSR count). The van der Waals surface area contributed by atoms with Gasteiger partial charge in [0.25, 0.3) is 0 Å². The Labute approximate surface area is 187 Å². The van der Waals surface area contributed by atoms with Crippen LogP contribution in [0.1, 0.15) is 18.4 Å². The van der Waals surface area contributed by atoms with E-state index in [1.54, 1.807) is 23.9 Å². The van der Waals surface area contributed by atoms with Gasteiger partial charge in [-0.2, -0.15) is 0 Å². The number of carbonyl (C=O) groups excluding carboxylic acids is 2. The smallest absolute Gasteiger partial charge is 0.231 e. The van der Waals surface area contributed by atoms with Crippen LogP contribution in [0.3, 0.4) is 0 Å². The molecule has 1 aliphatic rings. The average Bonchev–Trinajstić information content (AvgIpc) is 3.39. The molecule has 0 bridgehead atoms. The van der Waals surface area contributed by atoms with Gasteiger partial charge in [-0.05, 0) is 42.7 Å². The van der Waals surface area contributed by atoms with Crippen LogP contribution in [0.4, 0.5) is 15.2 Å². The molecule has 6 nitrogen and oxygen atoms in total. The molecule has 2 amide bonds. The number of aryl methyl sites for hydroxylation is 1. The van der Waals surface area contributed by atoms with E-state index >= 15 is 0 Å². The van der Waals surface area contributed by atoms with Gasteiger partial charge in [0.2, 0.25) is 16.9 Å². The summed E-state index contributed by atoms with van der Waals surface area (Å²) in [6.07, 6.45) is 2.15. The van der Waals surface area contributed by atoms with Crippen molar-refractivity contribution in [2.45, 2.75) is 23.6 Å². The van der Waals surface area contributed by atoms with Crippen molar-refractivity contribution in [3.05, 3.63) is 66.0 Å². The second kappa shape index (κ2) is 10.0. The highest BCUT2D eigenvalue weighted by Gasteiger charge is 2.35. The number of aromatic nitrogens is 2. The van der Waals surface area contributed by atoms with Gasteiger partial charge < -0.3 is 10.2 Å². The first kappa shape index (κ1) is 21.5. The number of hydrogen-bond donors (Lipinski definition) is 1. The van der Waals surface area contributed by atoms with E-state index in [0.717, 1.165) is 22.9 Å². The van der Waals surface area contributed by atoms with Gasteiger partial charge in [0.15, 0.2) is 4.34 Å². The van der Waals surface area contributed by atoms with Crippen molar-refractivity contribution in [3.63, 3.8) is 0 Å². The number of amides is 2. The van der Waals surface area contributed by atoms with Crippen LogP contribution in [0, 0.1) is 11.7 Å². The van der Waals surface area contributed by atoms with Crippen LogP contribution in [0.25, 0.3) is 0 Å². The molecule has 0 aliphatic carbocycles. The third-order valence-electron chi connectivity index (χ3n) is 4.95. The molecule has 31 heavy (non-hydrogen) atoms. The zero-order valence-corrected chi connectivity index (χ0v) is 18.3. The summed E-state index contributed by atoms with van der Waals surface area (Å²) in [7, 11) is 0. The second-order valence-corrected chi connectivity index (χ2v) is 9.50. The molecule has 2 aromatic carbocycles. The zero-order valence-electron chi connectivity index (χ0n) is 16.7. The summed E-state index contributed by atoms with van der Waals surface area (Å²) in [6.45, 7) is 0.260. The van der Waals surface area contributed by atoms with Gasteiger partial charge in [0.05, 0.1) is 5.92 Å². The van der Waals surface area contributed by atoms with Gasteiger partial charge >= 0.3 is 0 Å². The van der Waals surface area contributed by atoms with Crippen molar-refractivity contribution < 1.29 is 14.0 Å². The van der Waals surface area contributed by atoms with E-state index in [1.165, 1.54) is 33.9 Å². The van der Waals surface area contributed by atoms with Gasteiger partial charge in [0.1, 0.15) is 5.82 Å². The minimum atomic E-state index is -0.483. The first-order chi connectivity index (χ1) is 15.1. The number of nitrogens with one attached hydrogen (secondary N) is 1. The Morgan fingerprint density at radius 2 is 1.94 bits per heavy atom. The van der Waals surface area contributed by atoms with Crippen molar-refractivity contribution in [1.82, 2.24) is 10.2 Å². The summed E-state index contributed by atoms with van der Waals surface area (Å²) >= 11 is 2.95. The highest BCUT2D eigenvalue weighted by molar-refractivity contribution is 8.01. The lowest BCUT2D eigenvalue weighted by Gasteiger charge is -2.16. The summed E-state index contributed by atoms with van der Waals surface area (Å²) in [6, 6.07) is 16.0. The minimum Gasteiger partial charge on any atom is -0.312 e. The molecule has 1 N–H and O–H groups in total. The lowest BCUT2D eigenvalue weighted by Crippen LogP contribution is -2.28. The summed E-state index contributed by atoms with van der Waals surface area (Å²) in [5.41, 5.74) is 1.90. The maximum absolute atomic E-state index is 13.1. The summed E-state index contributed by atoms with van der Waals surface area (Å²) in [4.78, 5) is 26.4. The van der Waals surface area contributed by atoms with Gasteiger partial charge in [-0.15, -0.1) is 10.2 Å². The van der Waals surface area contributed by atoms with E-state index in [4.69, 9.17) is 0 Å². The number of thioether (sulfide) groups is 1. The van der Waals surface area contributed by atoms with E-state index in [2.05, 4.69) is 27.6 Å². The molecule has 1 unspecified atom stereocenters. The monoisotopic (exact) mass is 456 g/mol. The van der Waals surface area contributed by atoms with Crippen LogP contribution in [-0.4, -0.2) is 34.3 Å². The highest BCUT2D eigenvalue weighted by atomic mass is 32.2. The van der Waals surface area contributed by atoms with Gasteiger partial charge in [0, 0.05) is 24.4 Å². The van der Waals surface area contributed by atoms with Crippen molar-refractivity contribution in [2.24, 2.45) is 5.92 Å². The molecule has 0 saturated carbocycles. The maximum atomic E-state index is 13.1. The predicted molar refractivity (Wildman–Crippen MR) is 121 cm³/mol. The van der Waals surface area contributed by atoms with Crippen LogP contribution < -0.4 is 10.2 Å². The SMILES string of the molecule is O=C(Nc1nnc(SCCCc2ccccc2)s1)C1CC(=O)N(c2ccc(F)cc2)C1. The Morgan fingerprint density at radius 3 is 2.71 bits per heavy atom. The molecule has 1 aromatic heterocycles. The Hall–Kier alpha value is -2.78. The molecule has 1 fully saturated rings. The fourth-order valence-electron chi connectivity index (χ4n) is 3.36. The first-order valence-electron chi connectivity index (χ1n) is 9.95. The third-order valence-corrected chi connectivity index (χ3v) is 7.01. The van der Waals surface area contributed by atoms with Crippen LogP contribution in [-0.2, 0) is 16.0 Å². The van der Waals surface area contributed by atoms with E-state index in [1.807, 2.05) is 18.2 Å². The van der Waals surface area contributed by atoms with E-state index in [0.29, 0.717) is 10.8 Å². The second-order valence-electron chi connectivity index (χ2n) is 7.18. The predicted octanol–water partition coefficient (Wildman–Crippen LogP) is 4.39. The molecule has 0 spiro atoms. The lowest BCUT2D eigenvalue weighted by atomic mass is 10.1. The summed E-state index contributed by atoms with van der Waals surface area (Å²) in [5, 5.41) is 11.4. The van der Waals surface area contributed by atoms with Crippen molar-refractivity contribution in [3.8, 4) is 0 Å². The average molecular weight is 457 g/mol. The minimum absolute atomic E-state index is 0.114. The molecule has 160 valence electrons. The van der Waals surface area contributed by atoms with Gasteiger partial charge in [-0.25, -0.2) is 4.39 Å². The molecule has 9 heteroatoms. The topological polar surface area (TPSA) is 75.2 Å².